The Hall–Kier alpha value is -1.58. The van der Waals surface area contributed by atoms with E-state index in [-0.39, 0.29) is 0 Å². The Kier molecular flexibility index (Phi) is 3.36. The first-order valence-electron chi connectivity index (χ1n) is 7.49. The molecule has 0 atom stereocenters. The fraction of sp³-hybridized carbons (Fsp3) is 0. The van der Waals surface area contributed by atoms with Crippen LogP contribution in [0.3, 0.4) is 0 Å². The van der Waals surface area contributed by atoms with Crippen molar-refractivity contribution in [2.75, 3.05) is 0 Å². The van der Waals surface area contributed by atoms with Crippen molar-refractivity contribution < 1.29 is 0 Å². The summed E-state index contributed by atoms with van der Waals surface area (Å²) >= 11 is 15.8. The summed E-state index contributed by atoms with van der Waals surface area (Å²) < 4.78 is 2.83. The Morgan fingerprint density at radius 2 is 1.42 bits per heavy atom. The highest BCUT2D eigenvalue weighted by Gasteiger charge is 2.15. The standard InChI is InChI=1S/C20H10Cl2S2/c21-18-6-5-16(23-18)20-14-8-12-4-2-1-3-11(12)7-13(14)9-17-15(20)10-19(22)24-17/h1-10H. The van der Waals surface area contributed by atoms with E-state index in [9.17, 15) is 0 Å². The minimum absolute atomic E-state index is 0.803. The van der Waals surface area contributed by atoms with Gasteiger partial charge in [0.05, 0.1) is 8.67 Å². The van der Waals surface area contributed by atoms with Gasteiger partial charge in [0.15, 0.2) is 0 Å². The predicted octanol–water partition coefficient (Wildman–Crippen LogP) is 8.24. The van der Waals surface area contributed by atoms with Crippen molar-refractivity contribution >= 4 is 77.5 Å². The van der Waals surface area contributed by atoms with Crippen molar-refractivity contribution in [3.63, 3.8) is 0 Å². The third kappa shape index (κ3) is 2.26. The molecular formula is C20H10Cl2S2. The molecule has 5 aromatic rings. The fourth-order valence-electron chi connectivity index (χ4n) is 3.27. The van der Waals surface area contributed by atoms with Gasteiger partial charge in [0.25, 0.3) is 0 Å². The molecule has 0 aliphatic rings. The lowest BCUT2D eigenvalue weighted by Crippen LogP contribution is -1.82. The van der Waals surface area contributed by atoms with Crippen LogP contribution in [-0.4, -0.2) is 0 Å². The van der Waals surface area contributed by atoms with Crippen molar-refractivity contribution in [3.05, 3.63) is 69.3 Å². The number of fused-ring (bicyclic) bond motifs is 3. The Balaban J connectivity index is 2.01. The quantitative estimate of drug-likeness (QED) is 0.255. The highest BCUT2D eigenvalue weighted by molar-refractivity contribution is 7.23. The van der Waals surface area contributed by atoms with Crippen LogP contribution in [0, 0.1) is 0 Å². The zero-order valence-corrected chi connectivity index (χ0v) is 15.5. The molecule has 0 aliphatic carbocycles. The second kappa shape index (κ2) is 5.47. The first kappa shape index (κ1) is 14.7. The highest BCUT2D eigenvalue weighted by Crippen LogP contribution is 2.44. The Bertz CT molecular complexity index is 1230. The molecule has 2 heterocycles. The van der Waals surface area contributed by atoms with Crippen LogP contribution in [0.1, 0.15) is 0 Å². The number of halogens is 2. The van der Waals surface area contributed by atoms with Gasteiger partial charge in [0.2, 0.25) is 0 Å². The Morgan fingerprint density at radius 3 is 2.17 bits per heavy atom. The highest BCUT2D eigenvalue weighted by atomic mass is 35.5. The summed E-state index contributed by atoms with van der Waals surface area (Å²) in [5.74, 6) is 0. The lowest BCUT2D eigenvalue weighted by Gasteiger charge is -2.09. The summed E-state index contributed by atoms with van der Waals surface area (Å²) in [5.41, 5.74) is 1.23. The molecule has 5 rings (SSSR count). The average molecular weight is 385 g/mol. The van der Waals surface area contributed by atoms with Crippen LogP contribution in [0.5, 0.6) is 0 Å². The van der Waals surface area contributed by atoms with E-state index in [0.29, 0.717) is 0 Å². The van der Waals surface area contributed by atoms with Crippen LogP contribution in [0.15, 0.2) is 60.7 Å². The first-order valence-corrected chi connectivity index (χ1v) is 9.88. The van der Waals surface area contributed by atoms with Gasteiger partial charge in [-0.25, -0.2) is 0 Å². The van der Waals surface area contributed by atoms with Gasteiger partial charge in [-0.3, -0.25) is 0 Å². The monoisotopic (exact) mass is 384 g/mol. The van der Waals surface area contributed by atoms with Gasteiger partial charge in [-0.05, 0) is 57.9 Å². The minimum atomic E-state index is 0.803. The summed E-state index contributed by atoms with van der Waals surface area (Å²) in [7, 11) is 0. The zero-order chi connectivity index (χ0) is 16.3. The van der Waals surface area contributed by atoms with E-state index in [0.717, 1.165) is 8.67 Å². The van der Waals surface area contributed by atoms with E-state index in [1.54, 1.807) is 22.7 Å². The largest absolute Gasteiger partial charge is 0.123 e. The van der Waals surface area contributed by atoms with Gasteiger partial charge in [-0.1, -0.05) is 47.5 Å². The van der Waals surface area contributed by atoms with Crippen LogP contribution in [0.4, 0.5) is 0 Å². The molecule has 24 heavy (non-hydrogen) atoms. The SMILES string of the molecule is Clc1ccc(-c2c3cc4ccccc4cc3cc3sc(Cl)cc23)s1. The maximum atomic E-state index is 6.32. The number of thiophene rings is 2. The maximum Gasteiger partial charge on any atom is 0.0941 e. The topological polar surface area (TPSA) is 0 Å². The molecule has 0 amide bonds. The predicted molar refractivity (Wildman–Crippen MR) is 110 cm³/mol. The van der Waals surface area contributed by atoms with Gasteiger partial charge in [0, 0.05) is 20.5 Å². The van der Waals surface area contributed by atoms with E-state index in [4.69, 9.17) is 23.2 Å². The summed E-state index contributed by atoms with van der Waals surface area (Å²) in [4.78, 5) is 1.18. The molecule has 2 aromatic heterocycles. The van der Waals surface area contributed by atoms with Gasteiger partial charge in [-0.15, -0.1) is 22.7 Å². The second-order valence-electron chi connectivity index (χ2n) is 5.74. The number of benzene rings is 3. The van der Waals surface area contributed by atoms with E-state index < -0.39 is 0 Å². The van der Waals surface area contributed by atoms with Crippen molar-refractivity contribution in [1.29, 1.82) is 0 Å². The molecule has 4 heteroatoms. The lowest BCUT2D eigenvalue weighted by molar-refractivity contribution is 1.79. The van der Waals surface area contributed by atoms with E-state index in [1.807, 2.05) is 6.07 Å². The van der Waals surface area contributed by atoms with E-state index in [1.165, 1.54) is 42.1 Å². The molecule has 0 bridgehead atoms. The van der Waals surface area contributed by atoms with Crippen molar-refractivity contribution in [1.82, 2.24) is 0 Å². The summed E-state index contributed by atoms with van der Waals surface area (Å²) in [6.07, 6.45) is 0. The smallest absolute Gasteiger partial charge is 0.0941 e. The third-order valence-corrected chi connectivity index (χ3v) is 6.75. The lowest BCUT2D eigenvalue weighted by atomic mass is 9.96. The zero-order valence-electron chi connectivity index (χ0n) is 12.3. The van der Waals surface area contributed by atoms with Gasteiger partial charge < -0.3 is 0 Å². The Morgan fingerprint density at radius 1 is 0.625 bits per heavy atom. The number of rotatable bonds is 1. The molecule has 0 unspecified atom stereocenters. The molecule has 0 fully saturated rings. The molecule has 0 radical (unpaired) electrons. The normalized spacial score (nSPS) is 11.8. The number of hydrogen-bond acceptors (Lipinski definition) is 2. The molecule has 0 spiro atoms. The summed E-state index contributed by atoms with van der Waals surface area (Å²) in [6, 6.07) is 21.4. The summed E-state index contributed by atoms with van der Waals surface area (Å²) in [6.45, 7) is 0. The molecule has 0 nitrogen and oxygen atoms in total. The van der Waals surface area contributed by atoms with Gasteiger partial charge >= 0.3 is 0 Å². The molecule has 0 aliphatic heterocycles. The molecule has 116 valence electrons. The Labute approximate surface area is 156 Å². The molecular weight excluding hydrogens is 375 g/mol. The maximum absolute atomic E-state index is 6.32. The molecule has 0 N–H and O–H groups in total. The van der Waals surface area contributed by atoms with Crippen molar-refractivity contribution in [2.24, 2.45) is 0 Å². The number of hydrogen-bond donors (Lipinski definition) is 0. The van der Waals surface area contributed by atoms with Crippen LogP contribution in [0.2, 0.25) is 8.67 Å². The van der Waals surface area contributed by atoms with Crippen LogP contribution < -0.4 is 0 Å². The van der Waals surface area contributed by atoms with Crippen LogP contribution in [-0.2, 0) is 0 Å². The van der Waals surface area contributed by atoms with Crippen molar-refractivity contribution in [2.45, 2.75) is 0 Å². The van der Waals surface area contributed by atoms with Crippen LogP contribution in [0.25, 0.3) is 42.1 Å². The first-order chi connectivity index (χ1) is 11.7. The second-order valence-corrected chi connectivity index (χ2v) is 9.17. The van der Waals surface area contributed by atoms with Crippen LogP contribution >= 0.6 is 45.9 Å². The van der Waals surface area contributed by atoms with Crippen molar-refractivity contribution in [3.8, 4) is 10.4 Å². The third-order valence-electron chi connectivity index (χ3n) is 4.29. The molecule has 0 saturated heterocycles. The molecule has 3 aromatic carbocycles. The van der Waals surface area contributed by atoms with Gasteiger partial charge in [-0.2, -0.15) is 0 Å². The van der Waals surface area contributed by atoms with E-state index >= 15 is 0 Å². The minimum Gasteiger partial charge on any atom is -0.123 e. The van der Waals surface area contributed by atoms with E-state index in [2.05, 4.69) is 54.6 Å². The average Bonchev–Trinajstić information content (AvgIpc) is 3.15. The fourth-order valence-corrected chi connectivity index (χ4v) is 5.59. The van der Waals surface area contributed by atoms with Gasteiger partial charge in [0.1, 0.15) is 0 Å². The summed E-state index contributed by atoms with van der Waals surface area (Å²) in [5, 5.41) is 6.18. The molecule has 0 saturated carbocycles.